The third kappa shape index (κ3) is 7.16. The molecule has 0 bridgehead atoms. The third-order valence-electron chi connectivity index (χ3n) is 3.71. The highest BCUT2D eigenvalue weighted by atomic mass is 16.5. The fourth-order valence-corrected chi connectivity index (χ4v) is 2.16. The molecule has 0 aliphatic heterocycles. The Balaban J connectivity index is 2.10. The van der Waals surface area contributed by atoms with Crippen molar-refractivity contribution in [2.75, 3.05) is 13.2 Å². The molecular formula is C18H29NO2. The number of rotatable bonds is 10. The SMILES string of the molecule is CCCCCCNC(=O)CCCOc1cccc(C)c1C. The quantitative estimate of drug-likeness (QED) is 0.657. The van der Waals surface area contributed by atoms with Crippen LogP contribution < -0.4 is 10.1 Å². The van der Waals surface area contributed by atoms with Crippen molar-refractivity contribution in [2.45, 2.75) is 59.3 Å². The molecule has 0 saturated carbocycles. The Morgan fingerprint density at radius 2 is 1.95 bits per heavy atom. The number of hydrogen-bond donors (Lipinski definition) is 1. The van der Waals surface area contributed by atoms with Gasteiger partial charge in [0.1, 0.15) is 5.75 Å². The second-order valence-corrected chi connectivity index (χ2v) is 5.56. The van der Waals surface area contributed by atoms with Gasteiger partial charge in [0.2, 0.25) is 5.91 Å². The van der Waals surface area contributed by atoms with E-state index in [1.165, 1.54) is 30.4 Å². The maximum absolute atomic E-state index is 11.6. The number of amides is 1. The molecule has 0 aromatic heterocycles. The first-order valence-electron chi connectivity index (χ1n) is 8.11. The van der Waals surface area contributed by atoms with Gasteiger partial charge in [-0.1, -0.05) is 38.3 Å². The minimum atomic E-state index is 0.135. The molecule has 0 saturated heterocycles. The lowest BCUT2D eigenvalue weighted by Crippen LogP contribution is -2.24. The standard InChI is InChI=1S/C18H29NO2/c1-4-5-6-7-13-19-18(20)12-9-14-21-17-11-8-10-15(2)16(17)3/h8,10-11H,4-7,9,12-14H2,1-3H3,(H,19,20). The molecule has 3 heteroatoms. The summed E-state index contributed by atoms with van der Waals surface area (Å²) in [6.07, 6.45) is 6.06. The highest BCUT2D eigenvalue weighted by Crippen LogP contribution is 2.20. The fraction of sp³-hybridized carbons (Fsp3) is 0.611. The van der Waals surface area contributed by atoms with E-state index in [1.54, 1.807) is 0 Å². The van der Waals surface area contributed by atoms with Crippen LogP contribution >= 0.6 is 0 Å². The topological polar surface area (TPSA) is 38.3 Å². The number of carbonyl (C=O) groups is 1. The summed E-state index contributed by atoms with van der Waals surface area (Å²) in [4.78, 5) is 11.6. The zero-order valence-corrected chi connectivity index (χ0v) is 13.7. The summed E-state index contributed by atoms with van der Waals surface area (Å²) in [5.74, 6) is 1.06. The fourth-order valence-electron chi connectivity index (χ4n) is 2.16. The molecule has 0 spiro atoms. The number of benzene rings is 1. The second-order valence-electron chi connectivity index (χ2n) is 5.56. The number of unbranched alkanes of at least 4 members (excludes halogenated alkanes) is 3. The second kappa shape index (κ2) is 10.3. The van der Waals surface area contributed by atoms with Crippen molar-refractivity contribution in [3.05, 3.63) is 29.3 Å². The van der Waals surface area contributed by atoms with Crippen LogP contribution in [0.2, 0.25) is 0 Å². The maximum atomic E-state index is 11.6. The average molecular weight is 291 g/mol. The van der Waals surface area contributed by atoms with Crippen LogP contribution in [-0.2, 0) is 4.79 Å². The number of nitrogens with one attached hydrogen (secondary N) is 1. The van der Waals surface area contributed by atoms with Crippen LogP contribution in [0.1, 0.15) is 56.6 Å². The number of ether oxygens (including phenoxy) is 1. The van der Waals surface area contributed by atoms with E-state index in [0.29, 0.717) is 13.0 Å². The highest BCUT2D eigenvalue weighted by molar-refractivity contribution is 5.75. The Kier molecular flexibility index (Phi) is 8.56. The maximum Gasteiger partial charge on any atom is 0.220 e. The number of carbonyl (C=O) groups excluding carboxylic acids is 1. The number of hydrogen-bond acceptors (Lipinski definition) is 2. The van der Waals surface area contributed by atoms with E-state index in [1.807, 2.05) is 12.1 Å². The minimum Gasteiger partial charge on any atom is -0.493 e. The summed E-state index contributed by atoms with van der Waals surface area (Å²) in [5, 5.41) is 2.97. The van der Waals surface area contributed by atoms with Crippen LogP contribution in [0.25, 0.3) is 0 Å². The Morgan fingerprint density at radius 3 is 2.71 bits per heavy atom. The Labute approximate surface area is 129 Å². The van der Waals surface area contributed by atoms with Crippen LogP contribution in [0.5, 0.6) is 5.75 Å². The molecule has 0 atom stereocenters. The van der Waals surface area contributed by atoms with Crippen LogP contribution in [-0.4, -0.2) is 19.1 Å². The van der Waals surface area contributed by atoms with Crippen molar-refractivity contribution in [1.29, 1.82) is 0 Å². The van der Waals surface area contributed by atoms with Gasteiger partial charge in [-0.3, -0.25) is 4.79 Å². The molecule has 0 radical (unpaired) electrons. The van der Waals surface area contributed by atoms with Crippen molar-refractivity contribution < 1.29 is 9.53 Å². The predicted molar refractivity (Wildman–Crippen MR) is 87.8 cm³/mol. The zero-order valence-electron chi connectivity index (χ0n) is 13.7. The van der Waals surface area contributed by atoms with E-state index >= 15 is 0 Å². The van der Waals surface area contributed by atoms with Crippen molar-refractivity contribution in [3.8, 4) is 5.75 Å². The van der Waals surface area contributed by atoms with Gasteiger partial charge < -0.3 is 10.1 Å². The summed E-state index contributed by atoms with van der Waals surface area (Å²) < 4.78 is 5.75. The van der Waals surface area contributed by atoms with Gasteiger partial charge >= 0.3 is 0 Å². The van der Waals surface area contributed by atoms with Crippen molar-refractivity contribution >= 4 is 5.91 Å². The molecule has 118 valence electrons. The van der Waals surface area contributed by atoms with Gasteiger partial charge in [-0.05, 0) is 43.9 Å². The van der Waals surface area contributed by atoms with E-state index in [2.05, 4.69) is 32.2 Å². The molecule has 0 fully saturated rings. The molecular weight excluding hydrogens is 262 g/mol. The van der Waals surface area contributed by atoms with Gasteiger partial charge in [-0.25, -0.2) is 0 Å². The molecule has 3 nitrogen and oxygen atoms in total. The van der Waals surface area contributed by atoms with Crippen LogP contribution in [0.3, 0.4) is 0 Å². The summed E-state index contributed by atoms with van der Waals surface area (Å²) in [5.41, 5.74) is 2.41. The van der Waals surface area contributed by atoms with Gasteiger partial charge in [0.25, 0.3) is 0 Å². The normalized spacial score (nSPS) is 10.4. The largest absolute Gasteiger partial charge is 0.493 e. The van der Waals surface area contributed by atoms with Gasteiger partial charge in [-0.15, -0.1) is 0 Å². The minimum absolute atomic E-state index is 0.135. The van der Waals surface area contributed by atoms with Crippen molar-refractivity contribution in [1.82, 2.24) is 5.32 Å². The average Bonchev–Trinajstić information content (AvgIpc) is 2.47. The molecule has 1 aromatic rings. The summed E-state index contributed by atoms with van der Waals surface area (Å²) in [6.45, 7) is 7.72. The van der Waals surface area contributed by atoms with E-state index in [9.17, 15) is 4.79 Å². The molecule has 1 aromatic carbocycles. The zero-order chi connectivity index (χ0) is 15.5. The Hall–Kier alpha value is -1.51. The van der Waals surface area contributed by atoms with Gasteiger partial charge in [-0.2, -0.15) is 0 Å². The first-order valence-corrected chi connectivity index (χ1v) is 8.11. The van der Waals surface area contributed by atoms with Crippen LogP contribution in [0.15, 0.2) is 18.2 Å². The van der Waals surface area contributed by atoms with Crippen LogP contribution in [0, 0.1) is 13.8 Å². The first-order chi connectivity index (χ1) is 10.1. The molecule has 0 heterocycles. The van der Waals surface area contributed by atoms with Gasteiger partial charge in [0.05, 0.1) is 6.61 Å². The lowest BCUT2D eigenvalue weighted by Gasteiger charge is -2.10. The lowest BCUT2D eigenvalue weighted by atomic mass is 10.1. The molecule has 1 N–H and O–H groups in total. The molecule has 21 heavy (non-hydrogen) atoms. The number of aryl methyl sites for hydroxylation is 1. The molecule has 1 rings (SSSR count). The van der Waals surface area contributed by atoms with Crippen LogP contribution in [0.4, 0.5) is 0 Å². The smallest absolute Gasteiger partial charge is 0.220 e. The van der Waals surface area contributed by atoms with Crippen molar-refractivity contribution in [3.63, 3.8) is 0 Å². The van der Waals surface area contributed by atoms with Gasteiger partial charge in [0, 0.05) is 13.0 Å². The monoisotopic (exact) mass is 291 g/mol. The Morgan fingerprint density at radius 1 is 1.14 bits per heavy atom. The third-order valence-corrected chi connectivity index (χ3v) is 3.71. The van der Waals surface area contributed by atoms with E-state index in [-0.39, 0.29) is 5.91 Å². The predicted octanol–water partition coefficient (Wildman–Crippen LogP) is 4.16. The van der Waals surface area contributed by atoms with E-state index in [0.717, 1.165) is 25.1 Å². The molecule has 0 aliphatic rings. The van der Waals surface area contributed by atoms with E-state index < -0.39 is 0 Å². The van der Waals surface area contributed by atoms with Crippen molar-refractivity contribution in [2.24, 2.45) is 0 Å². The lowest BCUT2D eigenvalue weighted by molar-refractivity contribution is -0.121. The summed E-state index contributed by atoms with van der Waals surface area (Å²) in [6, 6.07) is 6.06. The molecule has 0 aliphatic carbocycles. The molecule has 1 amide bonds. The Bertz CT molecular complexity index is 429. The van der Waals surface area contributed by atoms with E-state index in [4.69, 9.17) is 4.74 Å². The first kappa shape index (κ1) is 17.5. The highest BCUT2D eigenvalue weighted by Gasteiger charge is 2.03. The molecule has 0 unspecified atom stereocenters. The van der Waals surface area contributed by atoms with Gasteiger partial charge in [0.15, 0.2) is 0 Å². The summed E-state index contributed by atoms with van der Waals surface area (Å²) >= 11 is 0. The summed E-state index contributed by atoms with van der Waals surface area (Å²) in [7, 11) is 0.